The van der Waals surface area contributed by atoms with Gasteiger partial charge < -0.3 is 14.8 Å². The minimum absolute atomic E-state index is 0.298. The molecule has 0 aliphatic rings. The summed E-state index contributed by atoms with van der Waals surface area (Å²) in [6, 6.07) is 17.2. The first-order chi connectivity index (χ1) is 15.6. The van der Waals surface area contributed by atoms with Gasteiger partial charge in [0.15, 0.2) is 17.2 Å². The number of anilines is 2. The fourth-order valence-corrected chi connectivity index (χ4v) is 4.34. The number of nitrogens with one attached hydrogen (secondary N) is 1. The number of nitrogens with zero attached hydrogens (tertiary/aromatic N) is 1. The van der Waals surface area contributed by atoms with Crippen molar-refractivity contribution in [1.29, 1.82) is 0 Å². The fraction of sp³-hybridized carbons (Fsp3) is 0.208. The molecule has 0 bridgehead atoms. The van der Waals surface area contributed by atoms with E-state index >= 15 is 0 Å². The molecule has 33 heavy (non-hydrogen) atoms. The van der Waals surface area contributed by atoms with Crippen molar-refractivity contribution in [3.63, 3.8) is 0 Å². The van der Waals surface area contributed by atoms with Gasteiger partial charge in [0.1, 0.15) is 6.54 Å². The van der Waals surface area contributed by atoms with Gasteiger partial charge in [0.05, 0.1) is 24.7 Å². The summed E-state index contributed by atoms with van der Waals surface area (Å²) in [5.74, 6) is 0.745. The van der Waals surface area contributed by atoms with E-state index in [4.69, 9.17) is 21.1 Å². The fourth-order valence-electron chi connectivity index (χ4n) is 3.33. The Morgan fingerprint density at radius 3 is 2.21 bits per heavy atom. The lowest BCUT2D eigenvalue weighted by molar-refractivity contribution is -0.114. The number of carbonyl (C=O) groups is 1. The maximum absolute atomic E-state index is 12.9. The summed E-state index contributed by atoms with van der Waals surface area (Å²) in [5.41, 5.74) is 2.50. The summed E-state index contributed by atoms with van der Waals surface area (Å²) >= 11 is 6.13. The second-order valence-corrected chi connectivity index (χ2v) is 9.90. The average molecular weight is 489 g/mol. The van der Waals surface area contributed by atoms with Crippen LogP contribution in [0.1, 0.15) is 11.1 Å². The molecule has 0 fully saturated rings. The van der Waals surface area contributed by atoms with Crippen molar-refractivity contribution < 1.29 is 22.7 Å². The van der Waals surface area contributed by atoms with Crippen molar-refractivity contribution in [2.45, 2.75) is 13.8 Å². The van der Waals surface area contributed by atoms with Crippen LogP contribution in [-0.4, -0.2) is 34.2 Å². The van der Waals surface area contributed by atoms with Crippen LogP contribution in [0, 0.1) is 13.8 Å². The maximum Gasteiger partial charge on any atom is 0.245 e. The number of benzene rings is 3. The van der Waals surface area contributed by atoms with E-state index in [-0.39, 0.29) is 0 Å². The van der Waals surface area contributed by atoms with E-state index < -0.39 is 22.5 Å². The van der Waals surface area contributed by atoms with Gasteiger partial charge in [-0.15, -0.1) is 0 Å². The largest absolute Gasteiger partial charge is 0.493 e. The van der Waals surface area contributed by atoms with Crippen LogP contribution in [0.4, 0.5) is 11.4 Å². The lowest BCUT2D eigenvalue weighted by Gasteiger charge is -2.23. The first-order valence-corrected chi connectivity index (χ1v) is 12.3. The van der Waals surface area contributed by atoms with Crippen LogP contribution in [0.3, 0.4) is 0 Å². The molecule has 0 unspecified atom stereocenters. The number of carbonyl (C=O) groups excluding carboxylic acids is 1. The van der Waals surface area contributed by atoms with Gasteiger partial charge in [0.25, 0.3) is 0 Å². The summed E-state index contributed by atoms with van der Waals surface area (Å²) < 4.78 is 37.2. The normalized spacial score (nSPS) is 11.1. The third-order valence-corrected chi connectivity index (χ3v) is 6.06. The molecule has 3 aromatic rings. The minimum Gasteiger partial charge on any atom is -0.493 e. The number of aryl methyl sites for hydroxylation is 2. The van der Waals surface area contributed by atoms with Crippen LogP contribution in [0.2, 0.25) is 5.02 Å². The van der Waals surface area contributed by atoms with E-state index in [0.29, 0.717) is 33.6 Å². The molecule has 1 N–H and O–H groups in total. The Morgan fingerprint density at radius 1 is 0.970 bits per heavy atom. The van der Waals surface area contributed by atoms with Crippen LogP contribution in [0.5, 0.6) is 17.2 Å². The third kappa shape index (κ3) is 6.40. The molecule has 0 heterocycles. The minimum atomic E-state index is -3.72. The van der Waals surface area contributed by atoms with Crippen molar-refractivity contribution in [3.05, 3.63) is 76.8 Å². The number of sulfonamides is 1. The number of methoxy groups -OCH3 is 1. The highest BCUT2D eigenvalue weighted by Crippen LogP contribution is 2.36. The molecule has 1 amide bonds. The number of rotatable bonds is 8. The van der Waals surface area contributed by atoms with Gasteiger partial charge in [0.2, 0.25) is 15.9 Å². The molecule has 0 aliphatic heterocycles. The number of para-hydroxylation sites is 2. The molecule has 0 atom stereocenters. The quantitative estimate of drug-likeness (QED) is 0.473. The van der Waals surface area contributed by atoms with Crippen LogP contribution in [-0.2, 0) is 14.8 Å². The monoisotopic (exact) mass is 488 g/mol. The zero-order valence-corrected chi connectivity index (χ0v) is 20.3. The molecule has 174 valence electrons. The maximum atomic E-state index is 12.9. The third-order valence-electron chi connectivity index (χ3n) is 4.69. The molecule has 0 aliphatic carbocycles. The number of amides is 1. The van der Waals surface area contributed by atoms with Gasteiger partial charge in [-0.05, 0) is 67.4 Å². The number of ether oxygens (including phenoxy) is 2. The van der Waals surface area contributed by atoms with Crippen LogP contribution in [0.15, 0.2) is 60.7 Å². The van der Waals surface area contributed by atoms with Crippen molar-refractivity contribution in [1.82, 2.24) is 0 Å². The summed E-state index contributed by atoms with van der Waals surface area (Å²) in [6.45, 7) is 3.32. The topological polar surface area (TPSA) is 84.9 Å². The Hall–Kier alpha value is -3.23. The highest BCUT2D eigenvalue weighted by Gasteiger charge is 2.22. The second kappa shape index (κ2) is 10.1. The number of halogens is 1. The Morgan fingerprint density at radius 2 is 1.61 bits per heavy atom. The molecule has 0 saturated heterocycles. The molecular weight excluding hydrogens is 464 g/mol. The molecule has 0 aromatic heterocycles. The first kappa shape index (κ1) is 24.4. The summed E-state index contributed by atoms with van der Waals surface area (Å²) in [7, 11) is -2.19. The zero-order valence-electron chi connectivity index (χ0n) is 18.8. The predicted octanol–water partition coefficient (Wildman–Crippen LogP) is 5.16. The molecule has 0 radical (unpaired) electrons. The number of hydrogen-bond donors (Lipinski definition) is 1. The van der Waals surface area contributed by atoms with Crippen LogP contribution >= 0.6 is 11.6 Å². The van der Waals surface area contributed by atoms with Crippen molar-refractivity contribution in [2.75, 3.05) is 29.5 Å². The van der Waals surface area contributed by atoms with E-state index in [1.54, 1.807) is 42.5 Å². The van der Waals surface area contributed by atoms with Crippen molar-refractivity contribution >= 4 is 38.9 Å². The average Bonchev–Trinajstić information content (AvgIpc) is 2.72. The van der Waals surface area contributed by atoms with Crippen molar-refractivity contribution in [3.8, 4) is 17.2 Å². The number of hydrogen-bond acceptors (Lipinski definition) is 5. The smallest absolute Gasteiger partial charge is 0.245 e. The molecule has 3 rings (SSSR count). The Balaban J connectivity index is 1.88. The zero-order chi connectivity index (χ0) is 24.2. The van der Waals surface area contributed by atoms with Gasteiger partial charge >= 0.3 is 0 Å². The van der Waals surface area contributed by atoms with E-state index in [1.807, 2.05) is 26.0 Å². The van der Waals surface area contributed by atoms with Crippen molar-refractivity contribution in [2.24, 2.45) is 0 Å². The lowest BCUT2D eigenvalue weighted by atomic mass is 10.1. The van der Waals surface area contributed by atoms with Gasteiger partial charge in [-0.3, -0.25) is 9.10 Å². The summed E-state index contributed by atoms with van der Waals surface area (Å²) in [6.07, 6.45) is 1.06. The van der Waals surface area contributed by atoms with Gasteiger partial charge in [-0.25, -0.2) is 8.42 Å². The highest BCUT2D eigenvalue weighted by atomic mass is 35.5. The SMILES string of the molecule is COc1ccccc1Oc1ccc(Cl)cc1NC(=O)CN(c1cc(C)cc(C)c1)S(C)(=O)=O. The highest BCUT2D eigenvalue weighted by molar-refractivity contribution is 7.92. The Labute approximate surface area is 198 Å². The predicted molar refractivity (Wildman–Crippen MR) is 131 cm³/mol. The van der Waals surface area contributed by atoms with E-state index in [0.717, 1.165) is 21.7 Å². The first-order valence-electron chi connectivity index (χ1n) is 10.0. The van der Waals surface area contributed by atoms with E-state index in [9.17, 15) is 13.2 Å². The summed E-state index contributed by atoms with van der Waals surface area (Å²) in [5, 5.41) is 3.10. The molecule has 3 aromatic carbocycles. The van der Waals surface area contributed by atoms with E-state index in [2.05, 4.69) is 5.32 Å². The van der Waals surface area contributed by atoms with Crippen LogP contribution in [0.25, 0.3) is 0 Å². The van der Waals surface area contributed by atoms with Gasteiger partial charge in [-0.2, -0.15) is 0 Å². The van der Waals surface area contributed by atoms with Crippen LogP contribution < -0.4 is 19.1 Å². The molecule has 7 nitrogen and oxygen atoms in total. The Bertz CT molecular complexity index is 1260. The standard InChI is InChI=1S/C24H25ClN2O5S/c1-16-11-17(2)13-19(12-16)27(33(4,29)30)15-24(28)26-20-14-18(25)9-10-21(20)32-23-8-6-5-7-22(23)31-3/h5-14H,15H2,1-4H3,(H,26,28). The summed E-state index contributed by atoms with van der Waals surface area (Å²) in [4.78, 5) is 12.9. The lowest BCUT2D eigenvalue weighted by Crippen LogP contribution is -2.37. The van der Waals surface area contributed by atoms with Gasteiger partial charge in [0, 0.05) is 5.02 Å². The Kier molecular flexibility index (Phi) is 7.50. The van der Waals surface area contributed by atoms with Gasteiger partial charge in [-0.1, -0.05) is 29.8 Å². The molecular formula is C24H25ClN2O5S. The molecule has 9 heteroatoms. The van der Waals surface area contributed by atoms with E-state index in [1.165, 1.54) is 13.2 Å². The molecule has 0 saturated carbocycles. The molecule has 0 spiro atoms. The second-order valence-electron chi connectivity index (χ2n) is 7.56.